The Morgan fingerprint density at radius 1 is 0.395 bits per heavy atom. The van der Waals surface area contributed by atoms with Gasteiger partial charge in [0.15, 0.2) is 24.6 Å². The number of carbonyl (C=O) groups excluding carboxylic acids is 3. The first-order valence-electron chi connectivity index (χ1n) is 34.7. The number of esters is 3. The van der Waals surface area contributed by atoms with Crippen LogP contribution in [-0.2, 0) is 42.9 Å². The summed E-state index contributed by atoms with van der Waals surface area (Å²) in [5.41, 5.74) is 0. The Balaban J connectivity index is 2.60. The van der Waals surface area contributed by atoms with Gasteiger partial charge in [-0.25, -0.2) is 4.79 Å². The second kappa shape index (κ2) is 57.9. The van der Waals surface area contributed by atoms with E-state index in [2.05, 4.69) is 32.9 Å². The van der Waals surface area contributed by atoms with Gasteiger partial charge in [0.1, 0.15) is 18.8 Å². The van der Waals surface area contributed by atoms with Gasteiger partial charge < -0.3 is 39.0 Å². The molecule has 0 spiro atoms. The van der Waals surface area contributed by atoms with Crippen molar-refractivity contribution in [2.75, 3.05) is 13.2 Å². The molecule has 0 aromatic carbocycles. The van der Waals surface area contributed by atoms with Crippen LogP contribution in [0.3, 0.4) is 0 Å². The molecular weight excluding hydrogens is 1020 g/mol. The van der Waals surface area contributed by atoms with Gasteiger partial charge >= 0.3 is 23.9 Å². The van der Waals surface area contributed by atoms with Crippen molar-refractivity contribution in [2.24, 2.45) is 0 Å². The third kappa shape index (κ3) is 47.4. The number of carboxylic acid groups (broad SMARTS) is 1. The molecule has 6 atom stereocenters. The van der Waals surface area contributed by atoms with Gasteiger partial charge in [0.2, 0.25) is 0 Å². The lowest BCUT2D eigenvalue weighted by Crippen LogP contribution is -2.61. The smallest absolute Gasteiger partial charge is 0.335 e. The minimum atomic E-state index is -1.90. The first-order valence-corrected chi connectivity index (χ1v) is 34.7. The third-order valence-electron chi connectivity index (χ3n) is 16.3. The normalized spacial score (nSPS) is 17.7. The molecule has 0 bridgehead atoms. The molecule has 0 amide bonds. The summed E-state index contributed by atoms with van der Waals surface area (Å²) in [4.78, 5) is 51.4. The highest BCUT2D eigenvalue weighted by atomic mass is 16.7. The number of unbranched alkanes of at least 4 members (excludes halogenated alkanes) is 45. The number of allylic oxidation sites excluding steroid dienone is 2. The summed E-state index contributed by atoms with van der Waals surface area (Å²) < 4.78 is 28.6. The highest BCUT2D eigenvalue weighted by Gasteiger charge is 2.50. The fourth-order valence-corrected chi connectivity index (χ4v) is 11.0. The van der Waals surface area contributed by atoms with Crippen molar-refractivity contribution in [2.45, 2.75) is 391 Å². The topological polar surface area (TPSA) is 175 Å². The second-order valence-corrected chi connectivity index (χ2v) is 24.2. The van der Waals surface area contributed by atoms with Crippen molar-refractivity contribution in [3.63, 3.8) is 0 Å². The minimum absolute atomic E-state index is 0.0568. The predicted octanol–water partition coefficient (Wildman–Crippen LogP) is 18.8. The largest absolute Gasteiger partial charge is 0.479 e. The fourth-order valence-electron chi connectivity index (χ4n) is 11.0. The molecule has 6 unspecified atom stereocenters. The number of carboxylic acids is 1. The van der Waals surface area contributed by atoms with Crippen LogP contribution in [0.1, 0.15) is 355 Å². The van der Waals surface area contributed by atoms with Crippen LogP contribution in [0.4, 0.5) is 0 Å². The SMILES string of the molecule is CCCCCC/C=C\CCCCCCCC(=O)OC1C(OCC(COC(=O)CCCCCCCCCCCCCCCCCCCCC)OC(=O)CCCCCCCCCCCCCCCCCCCCC)OC(C(=O)O)C(O)C1O. The molecule has 1 rings (SSSR count). The molecule has 1 aliphatic heterocycles. The number of carbonyl (C=O) groups is 4. The number of aliphatic carboxylic acids is 1. The summed E-state index contributed by atoms with van der Waals surface area (Å²) in [6, 6.07) is 0. The molecule has 1 aliphatic rings. The Labute approximate surface area is 496 Å². The van der Waals surface area contributed by atoms with Crippen LogP contribution in [0, 0.1) is 0 Å². The lowest BCUT2D eigenvalue weighted by Gasteiger charge is -2.40. The first-order chi connectivity index (χ1) is 39.6. The second-order valence-electron chi connectivity index (χ2n) is 24.2. The van der Waals surface area contributed by atoms with Gasteiger partial charge in [0.05, 0.1) is 6.61 Å². The van der Waals surface area contributed by atoms with E-state index in [9.17, 15) is 34.5 Å². The Morgan fingerprint density at radius 2 is 0.704 bits per heavy atom. The number of hydrogen-bond donors (Lipinski definition) is 3. The van der Waals surface area contributed by atoms with E-state index in [0.717, 1.165) is 77.0 Å². The molecule has 3 N–H and O–H groups in total. The number of rotatable bonds is 61. The molecule has 0 aromatic rings. The highest BCUT2D eigenvalue weighted by molar-refractivity contribution is 5.74. The Hall–Kier alpha value is -2.54. The van der Waals surface area contributed by atoms with E-state index in [1.807, 2.05) is 0 Å². The van der Waals surface area contributed by atoms with Crippen molar-refractivity contribution in [1.82, 2.24) is 0 Å². The van der Waals surface area contributed by atoms with Gasteiger partial charge in [-0.15, -0.1) is 0 Å². The molecule has 0 radical (unpaired) electrons. The van der Waals surface area contributed by atoms with Crippen LogP contribution in [0.5, 0.6) is 0 Å². The van der Waals surface area contributed by atoms with Crippen molar-refractivity contribution in [3.8, 4) is 0 Å². The highest BCUT2D eigenvalue weighted by Crippen LogP contribution is 2.27. The molecule has 12 nitrogen and oxygen atoms in total. The van der Waals surface area contributed by atoms with E-state index >= 15 is 0 Å². The zero-order valence-corrected chi connectivity index (χ0v) is 52.8. The Bertz CT molecular complexity index is 1460. The van der Waals surface area contributed by atoms with E-state index in [0.29, 0.717) is 19.3 Å². The summed E-state index contributed by atoms with van der Waals surface area (Å²) in [5.74, 6) is -3.08. The molecular formula is C69H128O12. The van der Waals surface area contributed by atoms with Gasteiger partial charge in [0, 0.05) is 19.3 Å². The molecule has 0 saturated carbocycles. The number of aliphatic hydroxyl groups is 2. The van der Waals surface area contributed by atoms with E-state index in [4.69, 9.17) is 23.7 Å². The molecule has 81 heavy (non-hydrogen) atoms. The maximum Gasteiger partial charge on any atom is 0.335 e. The maximum atomic E-state index is 13.2. The molecule has 0 aromatic heterocycles. The van der Waals surface area contributed by atoms with Gasteiger partial charge in [-0.1, -0.05) is 303 Å². The van der Waals surface area contributed by atoms with Gasteiger partial charge in [-0.3, -0.25) is 14.4 Å². The van der Waals surface area contributed by atoms with E-state index < -0.39 is 67.3 Å². The van der Waals surface area contributed by atoms with Gasteiger partial charge in [-0.2, -0.15) is 0 Å². The standard InChI is InChI=1S/C69H128O12/c1-4-7-10-13-16-19-22-25-27-29-31-33-35-38-40-43-46-49-52-55-61(70)77-58-60(79-62(71)56-53-50-47-44-42-39-36-34-32-30-28-26-23-20-17-14-11-8-5-2)59-78-69-67(65(74)64(73)66(81-69)68(75)76)80-63(72)57-54-51-48-45-41-37-24-21-18-15-12-9-6-3/h21,24,60,64-67,69,73-74H,4-20,22-23,25-59H2,1-3H3,(H,75,76)/b24-21-. The monoisotopic (exact) mass is 1150 g/mol. The molecule has 1 fully saturated rings. The summed E-state index contributed by atoms with van der Waals surface area (Å²) in [7, 11) is 0. The predicted molar refractivity (Wildman–Crippen MR) is 331 cm³/mol. The Morgan fingerprint density at radius 3 is 1.06 bits per heavy atom. The van der Waals surface area contributed by atoms with Crippen LogP contribution < -0.4 is 0 Å². The van der Waals surface area contributed by atoms with Crippen LogP contribution in [-0.4, -0.2) is 89.2 Å². The van der Waals surface area contributed by atoms with Crippen molar-refractivity contribution in [1.29, 1.82) is 0 Å². The quantitative estimate of drug-likeness (QED) is 0.0228. The maximum absolute atomic E-state index is 13.2. The minimum Gasteiger partial charge on any atom is -0.479 e. The first kappa shape index (κ1) is 76.5. The number of ether oxygens (including phenoxy) is 5. The van der Waals surface area contributed by atoms with Crippen LogP contribution >= 0.6 is 0 Å². The summed E-state index contributed by atoms with van der Waals surface area (Å²) in [6.45, 7) is 6.05. The van der Waals surface area contributed by atoms with Gasteiger partial charge in [0.25, 0.3) is 0 Å². The molecule has 1 saturated heterocycles. The average molecular weight is 1150 g/mol. The van der Waals surface area contributed by atoms with E-state index in [-0.39, 0.29) is 25.9 Å². The zero-order chi connectivity index (χ0) is 58.9. The fraction of sp³-hybridized carbons (Fsp3) is 0.913. The van der Waals surface area contributed by atoms with Crippen LogP contribution in [0.15, 0.2) is 12.2 Å². The van der Waals surface area contributed by atoms with Crippen LogP contribution in [0.2, 0.25) is 0 Å². The molecule has 0 aliphatic carbocycles. The third-order valence-corrected chi connectivity index (χ3v) is 16.3. The zero-order valence-electron chi connectivity index (χ0n) is 52.8. The number of hydrogen-bond acceptors (Lipinski definition) is 11. The summed E-state index contributed by atoms with van der Waals surface area (Å²) in [6.07, 6.45) is 54.6. The summed E-state index contributed by atoms with van der Waals surface area (Å²) in [5, 5.41) is 31.6. The van der Waals surface area contributed by atoms with Gasteiger partial charge in [-0.05, 0) is 44.9 Å². The lowest BCUT2D eigenvalue weighted by atomic mass is 9.98. The molecule has 1 heterocycles. The van der Waals surface area contributed by atoms with Crippen molar-refractivity contribution >= 4 is 23.9 Å². The van der Waals surface area contributed by atoms with E-state index in [1.165, 1.54) is 218 Å². The summed E-state index contributed by atoms with van der Waals surface area (Å²) >= 11 is 0. The lowest BCUT2D eigenvalue weighted by molar-refractivity contribution is -0.301. The average Bonchev–Trinajstić information content (AvgIpc) is 3.54. The Kier molecular flexibility index (Phi) is 54.6. The molecule has 476 valence electrons. The van der Waals surface area contributed by atoms with Crippen LogP contribution in [0.25, 0.3) is 0 Å². The number of aliphatic hydroxyl groups excluding tert-OH is 2. The molecule has 12 heteroatoms. The van der Waals surface area contributed by atoms with E-state index in [1.54, 1.807) is 0 Å². The van der Waals surface area contributed by atoms with Crippen molar-refractivity contribution < 1.29 is 58.2 Å². The van der Waals surface area contributed by atoms with Crippen molar-refractivity contribution in [3.05, 3.63) is 12.2 Å².